The number of amides is 3. The Bertz CT molecular complexity index is 1200. The lowest BCUT2D eigenvalue weighted by atomic mass is 10.1. The van der Waals surface area contributed by atoms with Crippen molar-refractivity contribution in [1.82, 2.24) is 20.0 Å². The van der Waals surface area contributed by atoms with Gasteiger partial charge >= 0.3 is 0 Å². The first-order valence-corrected chi connectivity index (χ1v) is 12.0. The number of thiophene rings is 1. The van der Waals surface area contributed by atoms with Gasteiger partial charge in [0.15, 0.2) is 0 Å². The van der Waals surface area contributed by atoms with Crippen molar-refractivity contribution in [3.05, 3.63) is 52.9 Å². The maximum atomic E-state index is 12.4. The van der Waals surface area contributed by atoms with Crippen molar-refractivity contribution in [2.75, 3.05) is 45.1 Å². The highest BCUT2D eigenvalue weighted by molar-refractivity contribution is 7.16. The number of rotatable bonds is 4. The lowest BCUT2D eigenvalue weighted by Crippen LogP contribution is -2.57. The van der Waals surface area contributed by atoms with E-state index in [1.165, 1.54) is 17.0 Å². The number of fused-ring (bicyclic) bond motifs is 2. The molecule has 10 heteroatoms. The highest BCUT2D eigenvalue weighted by Gasteiger charge is 2.31. The number of carbonyl (C=O) groups excluding carboxylic acids is 3. The lowest BCUT2D eigenvalue weighted by Gasteiger charge is -2.41. The van der Waals surface area contributed by atoms with E-state index in [1.807, 2.05) is 31.3 Å². The van der Waals surface area contributed by atoms with Gasteiger partial charge < -0.3 is 15.5 Å². The molecule has 0 radical (unpaired) electrons. The van der Waals surface area contributed by atoms with Crippen LogP contribution in [0.5, 0.6) is 0 Å². The number of hydrogen-bond acceptors (Lipinski definition) is 8. The van der Waals surface area contributed by atoms with Crippen LogP contribution in [-0.2, 0) is 14.4 Å². The summed E-state index contributed by atoms with van der Waals surface area (Å²) in [5, 5.41) is 7.52. The number of aliphatic imine (C=N–C) groups is 1. The Morgan fingerprint density at radius 2 is 1.97 bits per heavy atom. The van der Waals surface area contributed by atoms with E-state index in [-0.39, 0.29) is 18.5 Å². The van der Waals surface area contributed by atoms with Crippen LogP contribution in [0.2, 0.25) is 0 Å². The molecule has 0 saturated carbocycles. The molecule has 9 nitrogen and oxygen atoms in total. The average molecular weight is 479 g/mol. The molecule has 0 bridgehead atoms. The van der Waals surface area contributed by atoms with Gasteiger partial charge in [-0.25, -0.2) is 4.99 Å². The minimum atomic E-state index is -0.455. The van der Waals surface area contributed by atoms with Crippen molar-refractivity contribution in [2.45, 2.75) is 13.0 Å². The smallest absolute Gasteiger partial charge is 0.254 e. The molecule has 1 fully saturated rings. The van der Waals surface area contributed by atoms with E-state index < -0.39 is 11.8 Å². The predicted octanol–water partition coefficient (Wildman–Crippen LogP) is 1.85. The zero-order valence-corrected chi connectivity index (χ0v) is 19.9. The molecule has 3 aliphatic rings. The van der Waals surface area contributed by atoms with Crippen LogP contribution in [0.3, 0.4) is 0 Å². The van der Waals surface area contributed by atoms with E-state index in [9.17, 15) is 14.4 Å². The van der Waals surface area contributed by atoms with Crippen molar-refractivity contribution in [3.8, 4) is 0 Å². The third-order valence-electron chi connectivity index (χ3n) is 6.29. The number of anilines is 2. The summed E-state index contributed by atoms with van der Waals surface area (Å²) in [5.74, 6) is -0.330. The molecule has 0 spiro atoms. The summed E-state index contributed by atoms with van der Waals surface area (Å²) < 4.78 is 0. The summed E-state index contributed by atoms with van der Waals surface area (Å²) in [6.07, 6.45) is 2.37. The number of imide groups is 1. The minimum Gasteiger partial charge on any atom is -0.353 e. The van der Waals surface area contributed by atoms with Gasteiger partial charge in [0.2, 0.25) is 5.91 Å². The minimum absolute atomic E-state index is 0.0538. The van der Waals surface area contributed by atoms with Crippen molar-refractivity contribution in [3.63, 3.8) is 0 Å². The fraction of sp³-hybridized carbons (Fsp3) is 0.333. The number of piperazine rings is 1. The second kappa shape index (κ2) is 9.03. The summed E-state index contributed by atoms with van der Waals surface area (Å²) >= 11 is 1.71. The van der Waals surface area contributed by atoms with Crippen LogP contribution in [0.4, 0.5) is 16.4 Å². The molecule has 5 rings (SSSR count). The third kappa shape index (κ3) is 4.34. The Labute approximate surface area is 201 Å². The molecule has 1 saturated heterocycles. The maximum Gasteiger partial charge on any atom is 0.254 e. The van der Waals surface area contributed by atoms with Gasteiger partial charge in [-0.05, 0) is 32.2 Å². The first-order chi connectivity index (χ1) is 16.4. The molecule has 1 unspecified atom stereocenters. The highest BCUT2D eigenvalue weighted by Crippen LogP contribution is 2.39. The Kier molecular flexibility index (Phi) is 5.93. The SMILES string of the molecule is Cc1cc2c(s1)Nc1ccccc1N=C2N1CCN(C)C(CNC(=O)CN2C(=O)C=CC2=O)C1. The number of para-hydroxylation sites is 2. The number of carbonyl (C=O) groups is 3. The van der Waals surface area contributed by atoms with E-state index in [0.29, 0.717) is 13.1 Å². The van der Waals surface area contributed by atoms with Crippen LogP contribution in [0.1, 0.15) is 10.4 Å². The fourth-order valence-corrected chi connectivity index (χ4v) is 5.28. The van der Waals surface area contributed by atoms with Crippen molar-refractivity contribution in [2.24, 2.45) is 4.99 Å². The summed E-state index contributed by atoms with van der Waals surface area (Å²) in [4.78, 5) is 47.6. The van der Waals surface area contributed by atoms with Gasteiger partial charge in [0, 0.05) is 49.3 Å². The van der Waals surface area contributed by atoms with Gasteiger partial charge in [0.1, 0.15) is 17.4 Å². The van der Waals surface area contributed by atoms with Crippen molar-refractivity contribution in [1.29, 1.82) is 0 Å². The Hall–Kier alpha value is -3.50. The van der Waals surface area contributed by atoms with Crippen LogP contribution in [0.15, 0.2) is 47.5 Å². The van der Waals surface area contributed by atoms with Crippen LogP contribution >= 0.6 is 11.3 Å². The average Bonchev–Trinajstić information content (AvgIpc) is 3.29. The zero-order valence-electron chi connectivity index (χ0n) is 19.1. The van der Waals surface area contributed by atoms with Gasteiger partial charge in [-0.1, -0.05) is 12.1 Å². The summed E-state index contributed by atoms with van der Waals surface area (Å²) in [6, 6.07) is 10.3. The van der Waals surface area contributed by atoms with E-state index in [4.69, 9.17) is 4.99 Å². The van der Waals surface area contributed by atoms with E-state index in [2.05, 4.69) is 33.4 Å². The molecule has 1 aromatic carbocycles. The van der Waals surface area contributed by atoms with Crippen LogP contribution in [0.25, 0.3) is 0 Å². The number of hydrogen-bond donors (Lipinski definition) is 2. The quantitative estimate of drug-likeness (QED) is 0.651. The second-order valence-corrected chi connectivity index (χ2v) is 9.91. The molecule has 2 N–H and O–H groups in total. The highest BCUT2D eigenvalue weighted by atomic mass is 32.1. The molecular formula is C24H26N6O3S. The molecule has 1 atom stereocenters. The van der Waals surface area contributed by atoms with Crippen LogP contribution in [0, 0.1) is 6.92 Å². The summed E-state index contributed by atoms with van der Waals surface area (Å²) in [7, 11) is 2.04. The maximum absolute atomic E-state index is 12.4. The molecule has 176 valence electrons. The molecule has 3 amide bonds. The number of benzene rings is 1. The summed E-state index contributed by atoms with van der Waals surface area (Å²) in [5.41, 5.74) is 2.97. The fourth-order valence-electron chi connectivity index (χ4n) is 4.36. The molecule has 34 heavy (non-hydrogen) atoms. The molecular weight excluding hydrogens is 452 g/mol. The second-order valence-electron chi connectivity index (χ2n) is 8.66. The first-order valence-electron chi connectivity index (χ1n) is 11.2. The number of likely N-dealkylation sites (N-methyl/N-ethyl adjacent to an activating group) is 1. The number of amidine groups is 1. The normalized spacial score (nSPS) is 19.9. The standard InChI is InChI=1S/C24H26N6O3S/c1-15-11-17-23(26-18-5-3-4-6-19(18)27-24(17)34-15)29-10-9-28(2)16(13-29)12-25-20(31)14-30-21(32)7-8-22(30)33/h3-8,11,16,27H,9-10,12-14H2,1-2H3,(H,25,31). The molecule has 3 aliphatic heterocycles. The molecule has 2 aromatic rings. The Morgan fingerprint density at radius 1 is 1.21 bits per heavy atom. The van der Waals surface area contributed by atoms with E-state index in [0.717, 1.165) is 45.8 Å². The van der Waals surface area contributed by atoms with Gasteiger partial charge in [0.25, 0.3) is 11.8 Å². The molecule has 0 aliphatic carbocycles. The van der Waals surface area contributed by atoms with E-state index in [1.54, 1.807) is 11.3 Å². The Balaban J connectivity index is 1.31. The molecule has 1 aromatic heterocycles. The first kappa shape index (κ1) is 22.3. The monoisotopic (exact) mass is 478 g/mol. The van der Waals surface area contributed by atoms with Crippen LogP contribution < -0.4 is 10.6 Å². The van der Waals surface area contributed by atoms with Crippen LogP contribution in [-0.4, -0.2) is 84.1 Å². The van der Waals surface area contributed by atoms with Gasteiger partial charge in [0.05, 0.1) is 16.9 Å². The van der Waals surface area contributed by atoms with Crippen molar-refractivity contribution >= 4 is 51.3 Å². The largest absolute Gasteiger partial charge is 0.353 e. The molecule has 4 heterocycles. The third-order valence-corrected chi connectivity index (χ3v) is 7.25. The zero-order chi connectivity index (χ0) is 23.8. The Morgan fingerprint density at radius 3 is 2.76 bits per heavy atom. The number of nitrogens with zero attached hydrogens (tertiary/aromatic N) is 4. The van der Waals surface area contributed by atoms with Gasteiger partial charge in [-0.15, -0.1) is 11.3 Å². The predicted molar refractivity (Wildman–Crippen MR) is 132 cm³/mol. The lowest BCUT2D eigenvalue weighted by molar-refractivity contribution is -0.141. The topological polar surface area (TPSA) is 97.3 Å². The number of nitrogens with one attached hydrogen (secondary N) is 2. The number of aryl methyl sites for hydroxylation is 1. The summed E-state index contributed by atoms with van der Waals surface area (Å²) in [6.45, 7) is 4.57. The van der Waals surface area contributed by atoms with Gasteiger partial charge in [-0.3, -0.25) is 24.2 Å². The van der Waals surface area contributed by atoms with E-state index >= 15 is 0 Å². The van der Waals surface area contributed by atoms with Crippen molar-refractivity contribution < 1.29 is 14.4 Å². The van der Waals surface area contributed by atoms with Gasteiger partial charge in [-0.2, -0.15) is 0 Å².